The number of fused-ring (bicyclic) bond motifs is 1. The summed E-state index contributed by atoms with van der Waals surface area (Å²) < 4.78 is 18.5. The summed E-state index contributed by atoms with van der Waals surface area (Å²) in [4.78, 5) is 0. The molecule has 1 heterocycles. The van der Waals surface area contributed by atoms with E-state index in [1.54, 1.807) is 33.5 Å². The third-order valence-corrected chi connectivity index (χ3v) is 5.65. The topological polar surface area (TPSA) is 80.2 Å². The lowest BCUT2D eigenvalue weighted by Crippen LogP contribution is -2.02. The van der Waals surface area contributed by atoms with Crippen molar-refractivity contribution in [3.8, 4) is 29.4 Å². The van der Waals surface area contributed by atoms with Gasteiger partial charge in [0.1, 0.15) is 0 Å². The Hall–Kier alpha value is -4.68. The van der Waals surface area contributed by atoms with E-state index in [-0.39, 0.29) is 0 Å². The first-order valence-corrected chi connectivity index (χ1v) is 10.6. The molecule has 0 amide bonds. The summed E-state index contributed by atoms with van der Waals surface area (Å²) in [6, 6.07) is 25.7. The average molecular weight is 450 g/mol. The van der Waals surface area contributed by atoms with Crippen molar-refractivity contribution in [2.45, 2.75) is 6.54 Å². The molecule has 0 aliphatic carbocycles. The molecule has 4 rings (SSSR count). The van der Waals surface area contributed by atoms with Crippen LogP contribution in [0, 0.1) is 22.7 Å². The minimum Gasteiger partial charge on any atom is -0.493 e. The Bertz CT molecular complexity index is 1430. The number of nitriles is 2. The van der Waals surface area contributed by atoms with Crippen molar-refractivity contribution in [2.75, 3.05) is 21.3 Å². The van der Waals surface area contributed by atoms with Crippen molar-refractivity contribution in [2.24, 2.45) is 0 Å². The molecule has 0 bridgehead atoms. The molecule has 168 valence electrons. The first kappa shape index (κ1) is 22.5. The molecule has 0 aliphatic heterocycles. The minimum atomic E-state index is 0.461. The van der Waals surface area contributed by atoms with E-state index in [9.17, 15) is 5.26 Å². The number of para-hydroxylation sites is 1. The number of allylic oxidation sites excluding steroid dienone is 1. The Balaban J connectivity index is 1.84. The van der Waals surface area contributed by atoms with E-state index in [4.69, 9.17) is 19.5 Å². The van der Waals surface area contributed by atoms with Crippen molar-refractivity contribution in [1.29, 1.82) is 10.5 Å². The number of methoxy groups -OCH3 is 3. The quantitative estimate of drug-likeness (QED) is 0.341. The predicted molar refractivity (Wildman–Crippen MR) is 132 cm³/mol. The highest BCUT2D eigenvalue weighted by Crippen LogP contribution is 2.40. The molecule has 6 heteroatoms. The first-order chi connectivity index (χ1) is 16.6. The number of benzene rings is 3. The largest absolute Gasteiger partial charge is 0.493 e. The van der Waals surface area contributed by atoms with Crippen LogP contribution in [0.3, 0.4) is 0 Å². The lowest BCUT2D eigenvalue weighted by atomic mass is 10.0. The van der Waals surface area contributed by atoms with E-state index in [0.29, 0.717) is 40.5 Å². The van der Waals surface area contributed by atoms with Gasteiger partial charge < -0.3 is 18.8 Å². The van der Waals surface area contributed by atoms with Gasteiger partial charge in [0, 0.05) is 23.1 Å². The molecule has 0 aliphatic rings. The molecule has 0 fully saturated rings. The summed E-state index contributed by atoms with van der Waals surface area (Å²) in [5.41, 5.74) is 4.74. The van der Waals surface area contributed by atoms with Crippen LogP contribution in [0.5, 0.6) is 17.2 Å². The Labute approximate surface area is 198 Å². The van der Waals surface area contributed by atoms with E-state index >= 15 is 0 Å². The van der Waals surface area contributed by atoms with Gasteiger partial charge >= 0.3 is 0 Å². The normalized spacial score (nSPS) is 11.0. The molecule has 0 N–H and O–H groups in total. The molecule has 34 heavy (non-hydrogen) atoms. The van der Waals surface area contributed by atoms with Gasteiger partial charge in [-0.3, -0.25) is 0 Å². The average Bonchev–Trinajstić information content (AvgIpc) is 3.23. The highest BCUT2D eigenvalue weighted by Gasteiger charge is 2.16. The Morgan fingerprint density at radius 3 is 2.15 bits per heavy atom. The summed E-state index contributed by atoms with van der Waals surface area (Å²) in [5.74, 6) is 1.44. The van der Waals surface area contributed by atoms with Gasteiger partial charge in [-0.1, -0.05) is 30.3 Å². The van der Waals surface area contributed by atoms with Crippen LogP contribution in [0.4, 0.5) is 0 Å². The van der Waals surface area contributed by atoms with Crippen molar-refractivity contribution in [3.63, 3.8) is 0 Å². The molecule has 4 aromatic rings. The Morgan fingerprint density at radius 2 is 1.56 bits per heavy atom. The molecular weight excluding hydrogens is 426 g/mol. The zero-order chi connectivity index (χ0) is 24.1. The molecular formula is C28H23N3O3. The molecule has 1 aromatic heterocycles. The van der Waals surface area contributed by atoms with Crippen LogP contribution >= 0.6 is 0 Å². The number of nitrogens with zero attached hydrogens (tertiary/aromatic N) is 3. The summed E-state index contributed by atoms with van der Waals surface area (Å²) >= 11 is 0. The zero-order valence-electron chi connectivity index (χ0n) is 19.2. The lowest BCUT2D eigenvalue weighted by molar-refractivity contribution is 0.324. The second-order valence-electron chi connectivity index (χ2n) is 7.61. The third-order valence-electron chi connectivity index (χ3n) is 5.65. The van der Waals surface area contributed by atoms with E-state index in [1.165, 1.54) is 0 Å². The van der Waals surface area contributed by atoms with Gasteiger partial charge in [-0.25, -0.2) is 0 Å². The van der Waals surface area contributed by atoms with Crippen molar-refractivity contribution < 1.29 is 14.2 Å². The molecule has 6 nitrogen and oxygen atoms in total. The van der Waals surface area contributed by atoms with Crippen molar-refractivity contribution in [3.05, 3.63) is 89.1 Å². The van der Waals surface area contributed by atoms with Gasteiger partial charge in [-0.2, -0.15) is 10.5 Å². The second-order valence-corrected chi connectivity index (χ2v) is 7.61. The molecule has 0 saturated heterocycles. The number of aromatic nitrogens is 1. The highest BCUT2D eigenvalue weighted by atomic mass is 16.5. The van der Waals surface area contributed by atoms with Gasteiger partial charge in [-0.05, 0) is 53.6 Å². The number of rotatable bonds is 7. The molecule has 0 saturated carbocycles. The maximum Gasteiger partial charge on any atom is 0.203 e. The van der Waals surface area contributed by atoms with Crippen LogP contribution in [0.1, 0.15) is 22.4 Å². The van der Waals surface area contributed by atoms with Gasteiger partial charge in [0.2, 0.25) is 5.75 Å². The lowest BCUT2D eigenvalue weighted by Gasteiger charge is -2.14. The fourth-order valence-corrected chi connectivity index (χ4v) is 3.96. The Kier molecular flexibility index (Phi) is 6.52. The van der Waals surface area contributed by atoms with Gasteiger partial charge in [0.05, 0.1) is 44.6 Å². The summed E-state index contributed by atoms with van der Waals surface area (Å²) in [7, 11) is 4.64. The standard InChI is InChI=1S/C28H23N3O3/c1-32-26-14-22(15-27(33-2)28(26)34-3)23(17-30)13-24-12-21-6-4-5-7-25(21)31(24)18-20-10-8-19(16-29)9-11-20/h4-15H,18H2,1-3H3/b23-13+. The fourth-order valence-electron chi connectivity index (χ4n) is 3.96. The summed E-state index contributed by atoms with van der Waals surface area (Å²) in [5, 5.41) is 20.2. The minimum absolute atomic E-state index is 0.461. The number of hydrogen-bond acceptors (Lipinski definition) is 5. The number of ether oxygens (including phenoxy) is 3. The number of hydrogen-bond donors (Lipinski definition) is 0. The monoisotopic (exact) mass is 449 g/mol. The maximum atomic E-state index is 10.0. The molecule has 0 radical (unpaired) electrons. The van der Waals surface area contributed by atoms with Crippen LogP contribution in [-0.4, -0.2) is 25.9 Å². The van der Waals surface area contributed by atoms with Crippen LogP contribution in [-0.2, 0) is 6.54 Å². The first-order valence-electron chi connectivity index (χ1n) is 10.6. The maximum absolute atomic E-state index is 10.0. The smallest absolute Gasteiger partial charge is 0.203 e. The van der Waals surface area contributed by atoms with Crippen LogP contribution in [0.2, 0.25) is 0 Å². The van der Waals surface area contributed by atoms with Crippen molar-refractivity contribution in [1.82, 2.24) is 4.57 Å². The van der Waals surface area contributed by atoms with Gasteiger partial charge in [0.25, 0.3) is 0 Å². The SMILES string of the molecule is COc1cc(/C(C#N)=C/c2cc3ccccc3n2Cc2ccc(C#N)cc2)cc(OC)c1OC. The van der Waals surface area contributed by atoms with Crippen LogP contribution in [0.15, 0.2) is 66.7 Å². The van der Waals surface area contributed by atoms with Gasteiger partial charge in [-0.15, -0.1) is 0 Å². The summed E-state index contributed by atoms with van der Waals surface area (Å²) in [6.45, 7) is 0.596. The highest BCUT2D eigenvalue weighted by molar-refractivity contribution is 5.93. The van der Waals surface area contributed by atoms with Crippen molar-refractivity contribution >= 4 is 22.6 Å². The molecule has 3 aromatic carbocycles. The summed E-state index contributed by atoms with van der Waals surface area (Å²) in [6.07, 6.45) is 1.87. The molecule has 0 unspecified atom stereocenters. The van der Waals surface area contributed by atoms with Crippen LogP contribution < -0.4 is 14.2 Å². The second kappa shape index (κ2) is 9.85. The zero-order valence-corrected chi connectivity index (χ0v) is 19.2. The fraction of sp³-hybridized carbons (Fsp3) is 0.143. The molecule has 0 spiro atoms. The van der Waals surface area contributed by atoms with E-state index in [2.05, 4.69) is 28.8 Å². The Morgan fingerprint density at radius 1 is 0.882 bits per heavy atom. The third kappa shape index (κ3) is 4.30. The van der Waals surface area contributed by atoms with Crippen LogP contribution in [0.25, 0.3) is 22.6 Å². The van der Waals surface area contributed by atoms with E-state index < -0.39 is 0 Å². The predicted octanol–water partition coefficient (Wildman–Crippen LogP) is 5.65. The van der Waals surface area contributed by atoms with Gasteiger partial charge in [0.15, 0.2) is 11.5 Å². The molecule has 0 atom stereocenters. The van der Waals surface area contributed by atoms with E-state index in [1.807, 2.05) is 48.5 Å². The van der Waals surface area contributed by atoms with E-state index in [0.717, 1.165) is 22.2 Å².